The SMILES string of the molecule is C#CC(N)(C(=O)CC(C)c1ccc(N)cc1)c1ccc(C(N)(C#C)C(=O)CC(C)c2ccc(N)cc2)cc1. The highest BCUT2D eigenvalue weighted by Gasteiger charge is 2.37. The molecule has 4 unspecified atom stereocenters. The highest BCUT2D eigenvalue weighted by atomic mass is 16.1. The van der Waals surface area contributed by atoms with Gasteiger partial charge in [0.1, 0.15) is 0 Å². The van der Waals surface area contributed by atoms with Gasteiger partial charge in [-0.25, -0.2) is 0 Å². The summed E-state index contributed by atoms with van der Waals surface area (Å²) in [4.78, 5) is 26.5. The third-order valence-corrected chi connectivity index (χ3v) is 7.12. The Balaban J connectivity index is 1.79. The zero-order valence-corrected chi connectivity index (χ0v) is 21.8. The van der Waals surface area contributed by atoms with Crippen LogP contribution in [0.15, 0.2) is 72.8 Å². The number of terminal acetylenes is 2. The standard InChI is InChI=1S/C32H34N4O2/c1-5-31(35,29(37)19-21(3)23-7-15-27(33)16-8-23)25-11-13-26(14-12-25)32(36,6-2)30(38)20-22(4)24-9-17-28(34)18-10-24/h1-2,7-18,21-22H,19-20,33-36H2,3-4H3. The molecule has 0 heterocycles. The third kappa shape index (κ3) is 5.79. The summed E-state index contributed by atoms with van der Waals surface area (Å²) in [6.45, 7) is 3.85. The second-order valence-electron chi connectivity index (χ2n) is 9.87. The molecule has 0 bridgehead atoms. The van der Waals surface area contributed by atoms with Crippen molar-refractivity contribution in [1.29, 1.82) is 0 Å². The van der Waals surface area contributed by atoms with E-state index in [1.807, 2.05) is 38.1 Å². The summed E-state index contributed by atoms with van der Waals surface area (Å²) >= 11 is 0. The summed E-state index contributed by atoms with van der Waals surface area (Å²) in [6.07, 6.45) is 11.8. The lowest BCUT2D eigenvalue weighted by Gasteiger charge is -2.27. The molecule has 6 heteroatoms. The average Bonchev–Trinajstić information content (AvgIpc) is 2.92. The number of hydrogen-bond donors (Lipinski definition) is 4. The van der Waals surface area contributed by atoms with Crippen LogP contribution in [0.2, 0.25) is 0 Å². The van der Waals surface area contributed by atoms with E-state index < -0.39 is 11.1 Å². The smallest absolute Gasteiger partial charge is 0.170 e. The summed E-state index contributed by atoms with van der Waals surface area (Å²) in [5.74, 6) is 4.09. The van der Waals surface area contributed by atoms with Crippen LogP contribution in [-0.4, -0.2) is 11.6 Å². The van der Waals surface area contributed by atoms with Gasteiger partial charge in [-0.15, -0.1) is 12.8 Å². The first-order valence-corrected chi connectivity index (χ1v) is 12.4. The Morgan fingerprint density at radius 2 is 0.947 bits per heavy atom. The van der Waals surface area contributed by atoms with Crippen molar-refractivity contribution in [3.63, 3.8) is 0 Å². The lowest BCUT2D eigenvalue weighted by Crippen LogP contribution is -2.45. The van der Waals surface area contributed by atoms with E-state index >= 15 is 0 Å². The molecule has 0 fully saturated rings. The van der Waals surface area contributed by atoms with E-state index in [9.17, 15) is 9.59 Å². The zero-order chi connectivity index (χ0) is 28.1. The van der Waals surface area contributed by atoms with Crippen LogP contribution in [0.25, 0.3) is 0 Å². The van der Waals surface area contributed by atoms with Gasteiger partial charge in [-0.2, -0.15) is 0 Å². The van der Waals surface area contributed by atoms with Gasteiger partial charge in [0.2, 0.25) is 0 Å². The van der Waals surface area contributed by atoms with Crippen LogP contribution in [0.5, 0.6) is 0 Å². The lowest BCUT2D eigenvalue weighted by molar-refractivity contribution is -0.123. The molecule has 0 radical (unpaired) electrons. The van der Waals surface area contributed by atoms with E-state index in [-0.39, 0.29) is 36.2 Å². The van der Waals surface area contributed by atoms with Crippen molar-refractivity contribution in [1.82, 2.24) is 0 Å². The number of benzene rings is 3. The first-order chi connectivity index (χ1) is 17.9. The van der Waals surface area contributed by atoms with Crippen LogP contribution in [-0.2, 0) is 20.7 Å². The number of rotatable bonds is 10. The first kappa shape index (κ1) is 28.2. The molecule has 8 N–H and O–H groups in total. The molecule has 0 amide bonds. The number of nitrogen functional groups attached to an aromatic ring is 2. The first-order valence-electron chi connectivity index (χ1n) is 12.4. The van der Waals surface area contributed by atoms with E-state index in [2.05, 4.69) is 11.8 Å². The molecule has 6 nitrogen and oxygen atoms in total. The van der Waals surface area contributed by atoms with Gasteiger partial charge in [0.15, 0.2) is 22.6 Å². The fourth-order valence-corrected chi connectivity index (χ4v) is 4.41. The second kappa shape index (κ2) is 11.4. The van der Waals surface area contributed by atoms with Crippen molar-refractivity contribution in [2.24, 2.45) is 11.5 Å². The van der Waals surface area contributed by atoms with Crippen LogP contribution in [0.1, 0.15) is 60.8 Å². The van der Waals surface area contributed by atoms with E-state index in [1.165, 1.54) is 0 Å². The Labute approximate surface area is 224 Å². The molecule has 4 atom stereocenters. The Bertz CT molecular complexity index is 1270. The van der Waals surface area contributed by atoms with Gasteiger partial charge in [0.05, 0.1) is 0 Å². The number of carbonyl (C=O) groups is 2. The molecule has 0 saturated heterocycles. The van der Waals surface area contributed by atoms with Gasteiger partial charge in [-0.05, 0) is 58.4 Å². The van der Waals surface area contributed by atoms with E-state index in [0.29, 0.717) is 22.5 Å². The quantitative estimate of drug-likeness (QED) is 0.243. The molecule has 0 aliphatic heterocycles. The monoisotopic (exact) mass is 506 g/mol. The molecule has 0 aliphatic rings. The minimum Gasteiger partial charge on any atom is -0.399 e. The highest BCUT2D eigenvalue weighted by Crippen LogP contribution is 2.30. The maximum atomic E-state index is 13.3. The van der Waals surface area contributed by atoms with Crippen molar-refractivity contribution in [3.05, 3.63) is 95.1 Å². The third-order valence-electron chi connectivity index (χ3n) is 7.12. The summed E-state index contributed by atoms with van der Waals surface area (Å²) in [5, 5.41) is 0. The van der Waals surface area contributed by atoms with E-state index in [0.717, 1.165) is 11.1 Å². The van der Waals surface area contributed by atoms with Gasteiger partial charge in [0.25, 0.3) is 0 Å². The minimum atomic E-state index is -1.65. The highest BCUT2D eigenvalue weighted by molar-refractivity contribution is 5.94. The number of anilines is 2. The Morgan fingerprint density at radius 3 is 1.21 bits per heavy atom. The molecule has 3 aromatic rings. The number of nitrogens with two attached hydrogens (primary N) is 4. The van der Waals surface area contributed by atoms with Gasteiger partial charge in [0, 0.05) is 24.2 Å². The number of hydrogen-bond acceptors (Lipinski definition) is 6. The fourth-order valence-electron chi connectivity index (χ4n) is 4.41. The zero-order valence-electron chi connectivity index (χ0n) is 21.8. The summed E-state index contributed by atoms with van der Waals surface area (Å²) in [5.41, 5.74) is 25.2. The van der Waals surface area contributed by atoms with Crippen LogP contribution >= 0.6 is 0 Å². The van der Waals surface area contributed by atoms with Crippen molar-refractivity contribution in [2.45, 2.75) is 49.6 Å². The molecule has 38 heavy (non-hydrogen) atoms. The van der Waals surface area contributed by atoms with E-state index in [1.54, 1.807) is 48.5 Å². The van der Waals surface area contributed by atoms with Crippen molar-refractivity contribution < 1.29 is 9.59 Å². The van der Waals surface area contributed by atoms with Crippen LogP contribution in [0.3, 0.4) is 0 Å². The topological polar surface area (TPSA) is 138 Å². The van der Waals surface area contributed by atoms with E-state index in [4.69, 9.17) is 35.8 Å². The van der Waals surface area contributed by atoms with Crippen LogP contribution in [0, 0.1) is 24.7 Å². The van der Waals surface area contributed by atoms with Gasteiger partial charge in [-0.3, -0.25) is 9.59 Å². The summed E-state index contributed by atoms with van der Waals surface area (Å²) in [7, 11) is 0. The molecule has 3 rings (SSSR count). The van der Waals surface area contributed by atoms with Crippen molar-refractivity contribution in [3.8, 4) is 24.7 Å². The largest absolute Gasteiger partial charge is 0.399 e. The maximum Gasteiger partial charge on any atom is 0.170 e. The molecular weight excluding hydrogens is 472 g/mol. The predicted molar refractivity (Wildman–Crippen MR) is 154 cm³/mol. The van der Waals surface area contributed by atoms with Crippen LogP contribution in [0.4, 0.5) is 11.4 Å². The lowest BCUT2D eigenvalue weighted by atomic mass is 9.79. The second-order valence-corrected chi connectivity index (χ2v) is 9.87. The molecule has 194 valence electrons. The van der Waals surface area contributed by atoms with Crippen molar-refractivity contribution in [2.75, 3.05) is 11.5 Å². The molecule has 0 saturated carbocycles. The molecule has 3 aromatic carbocycles. The normalized spacial score (nSPS) is 15.6. The molecule has 0 spiro atoms. The Kier molecular flexibility index (Phi) is 8.43. The van der Waals surface area contributed by atoms with Gasteiger partial charge >= 0.3 is 0 Å². The Hall–Kier alpha value is -4.36. The Morgan fingerprint density at radius 1 is 0.658 bits per heavy atom. The summed E-state index contributed by atoms with van der Waals surface area (Å²) < 4.78 is 0. The average molecular weight is 507 g/mol. The van der Waals surface area contributed by atoms with Crippen molar-refractivity contribution >= 4 is 22.9 Å². The number of Topliss-reactive ketones (excluding diaryl/α,β-unsaturated/α-hetero) is 2. The molecular formula is C32H34N4O2. The summed E-state index contributed by atoms with van der Waals surface area (Å²) in [6, 6.07) is 21.1. The maximum absolute atomic E-state index is 13.3. The number of ketones is 2. The molecule has 0 aliphatic carbocycles. The molecule has 0 aromatic heterocycles. The van der Waals surface area contributed by atoms with Crippen LogP contribution < -0.4 is 22.9 Å². The number of carbonyl (C=O) groups excluding carboxylic acids is 2. The van der Waals surface area contributed by atoms with Gasteiger partial charge < -0.3 is 22.9 Å². The van der Waals surface area contributed by atoms with Gasteiger partial charge in [-0.1, -0.05) is 74.2 Å². The predicted octanol–water partition coefficient (Wildman–Crippen LogP) is 3.95. The minimum absolute atomic E-state index is 0.113. The fraction of sp³-hybridized carbons (Fsp3) is 0.250.